The van der Waals surface area contributed by atoms with Crippen molar-refractivity contribution in [2.24, 2.45) is 5.92 Å². The Kier molecular flexibility index (Phi) is 3.96. The van der Waals surface area contributed by atoms with E-state index in [1.54, 1.807) is 0 Å². The fourth-order valence-electron chi connectivity index (χ4n) is 2.37. The number of hydrogen-bond acceptors (Lipinski definition) is 4. The fourth-order valence-corrected chi connectivity index (χ4v) is 2.37. The molecule has 0 unspecified atom stereocenters. The maximum Gasteiger partial charge on any atom is 0.323 e. The molecule has 1 saturated heterocycles. The third kappa shape index (κ3) is 2.69. The van der Waals surface area contributed by atoms with Gasteiger partial charge in [-0.3, -0.25) is 9.69 Å². The summed E-state index contributed by atoms with van der Waals surface area (Å²) in [4.78, 5) is 13.7. The molecule has 0 aliphatic carbocycles. The van der Waals surface area contributed by atoms with Crippen LogP contribution in [0.5, 0.6) is 0 Å². The maximum absolute atomic E-state index is 11.7. The first-order chi connectivity index (χ1) is 8.74. The highest BCUT2D eigenvalue weighted by molar-refractivity contribution is 5.76. The van der Waals surface area contributed by atoms with Crippen LogP contribution in [0.15, 0.2) is 30.3 Å². The molecule has 1 aromatic rings. The van der Waals surface area contributed by atoms with Gasteiger partial charge in [0.05, 0.1) is 19.1 Å². The highest BCUT2D eigenvalue weighted by Gasteiger charge is 2.37. The van der Waals surface area contributed by atoms with E-state index >= 15 is 0 Å². The molecule has 18 heavy (non-hydrogen) atoms. The van der Waals surface area contributed by atoms with Crippen LogP contribution >= 0.6 is 0 Å². The zero-order chi connectivity index (χ0) is 13.0. The molecular weight excluding hydrogens is 228 g/mol. The third-order valence-electron chi connectivity index (χ3n) is 3.29. The summed E-state index contributed by atoms with van der Waals surface area (Å²) in [6, 6.07) is 11.9. The Labute approximate surface area is 107 Å². The van der Waals surface area contributed by atoms with Crippen molar-refractivity contribution in [1.29, 1.82) is 5.26 Å². The lowest BCUT2D eigenvalue weighted by atomic mass is 10.1. The molecule has 0 radical (unpaired) electrons. The number of methoxy groups -OCH3 is 1. The number of nitrogens with zero attached hydrogens (tertiary/aromatic N) is 2. The predicted molar refractivity (Wildman–Crippen MR) is 66.4 cm³/mol. The zero-order valence-corrected chi connectivity index (χ0v) is 10.4. The van der Waals surface area contributed by atoms with Gasteiger partial charge < -0.3 is 4.74 Å². The van der Waals surface area contributed by atoms with Gasteiger partial charge in [0.25, 0.3) is 0 Å². The summed E-state index contributed by atoms with van der Waals surface area (Å²) in [6.07, 6.45) is 0.565. The lowest BCUT2D eigenvalue weighted by molar-refractivity contribution is -0.146. The van der Waals surface area contributed by atoms with Crippen LogP contribution in [0, 0.1) is 17.2 Å². The SMILES string of the molecule is COC(=O)[C@@H]1C[C@@H](C#N)CN1Cc1ccccc1. The normalized spacial score (nSPS) is 23.6. The monoisotopic (exact) mass is 244 g/mol. The number of nitriles is 1. The third-order valence-corrected chi connectivity index (χ3v) is 3.29. The Bertz CT molecular complexity index is 453. The second-order valence-electron chi connectivity index (χ2n) is 4.52. The minimum atomic E-state index is -0.292. The smallest absolute Gasteiger partial charge is 0.323 e. The Balaban J connectivity index is 2.10. The van der Waals surface area contributed by atoms with Crippen molar-refractivity contribution in [2.75, 3.05) is 13.7 Å². The van der Waals surface area contributed by atoms with Crippen molar-refractivity contribution < 1.29 is 9.53 Å². The summed E-state index contributed by atoms with van der Waals surface area (Å²) in [5, 5.41) is 8.99. The van der Waals surface area contributed by atoms with Gasteiger partial charge in [-0.05, 0) is 12.0 Å². The average Bonchev–Trinajstić information content (AvgIpc) is 2.82. The van der Waals surface area contributed by atoms with E-state index in [0.29, 0.717) is 19.5 Å². The van der Waals surface area contributed by atoms with E-state index in [9.17, 15) is 4.79 Å². The molecule has 94 valence electrons. The molecule has 0 aromatic heterocycles. The van der Waals surface area contributed by atoms with Crippen molar-refractivity contribution >= 4 is 5.97 Å². The van der Waals surface area contributed by atoms with Crippen LogP contribution in [0.4, 0.5) is 0 Å². The first-order valence-corrected chi connectivity index (χ1v) is 6.00. The van der Waals surface area contributed by atoms with Gasteiger partial charge in [0, 0.05) is 13.1 Å². The molecule has 1 aromatic carbocycles. The van der Waals surface area contributed by atoms with E-state index in [0.717, 1.165) is 5.56 Å². The summed E-state index contributed by atoms with van der Waals surface area (Å²) < 4.78 is 4.80. The Morgan fingerprint density at radius 2 is 2.22 bits per heavy atom. The fraction of sp³-hybridized carbons (Fsp3) is 0.429. The van der Waals surface area contributed by atoms with Crippen molar-refractivity contribution in [1.82, 2.24) is 4.90 Å². The average molecular weight is 244 g/mol. The molecule has 0 saturated carbocycles. The molecule has 1 fully saturated rings. The molecule has 0 bridgehead atoms. The molecule has 1 aliphatic rings. The van der Waals surface area contributed by atoms with Crippen LogP contribution in [-0.4, -0.2) is 30.6 Å². The lowest BCUT2D eigenvalue weighted by Gasteiger charge is -2.21. The molecule has 4 heteroatoms. The summed E-state index contributed by atoms with van der Waals surface area (Å²) in [5.74, 6) is -0.332. The van der Waals surface area contributed by atoms with E-state index in [1.165, 1.54) is 7.11 Å². The van der Waals surface area contributed by atoms with Gasteiger partial charge in [-0.1, -0.05) is 30.3 Å². The van der Waals surface area contributed by atoms with Crippen LogP contribution in [0.1, 0.15) is 12.0 Å². The summed E-state index contributed by atoms with van der Waals surface area (Å²) in [5.41, 5.74) is 1.14. The van der Waals surface area contributed by atoms with Crippen LogP contribution in [0.3, 0.4) is 0 Å². The molecular formula is C14H16N2O2. The summed E-state index contributed by atoms with van der Waals surface area (Å²) in [7, 11) is 1.39. The van der Waals surface area contributed by atoms with Crippen molar-refractivity contribution in [3.63, 3.8) is 0 Å². The van der Waals surface area contributed by atoms with Crippen LogP contribution in [0.2, 0.25) is 0 Å². The van der Waals surface area contributed by atoms with Crippen molar-refractivity contribution in [3.8, 4) is 6.07 Å². The number of likely N-dealkylation sites (tertiary alicyclic amines) is 1. The Morgan fingerprint density at radius 1 is 1.50 bits per heavy atom. The molecule has 2 atom stereocenters. The second-order valence-corrected chi connectivity index (χ2v) is 4.52. The number of carbonyl (C=O) groups excluding carboxylic acids is 1. The molecule has 1 heterocycles. The molecule has 0 spiro atoms. The molecule has 0 amide bonds. The molecule has 2 rings (SSSR count). The Morgan fingerprint density at radius 3 is 2.83 bits per heavy atom. The van der Waals surface area contributed by atoms with Crippen molar-refractivity contribution in [2.45, 2.75) is 19.0 Å². The van der Waals surface area contributed by atoms with E-state index in [2.05, 4.69) is 6.07 Å². The standard InChI is InChI=1S/C14H16N2O2/c1-18-14(17)13-7-12(8-15)10-16(13)9-11-5-3-2-4-6-11/h2-6,12-13H,7,9-10H2,1H3/t12-,13-/m0/s1. The highest BCUT2D eigenvalue weighted by atomic mass is 16.5. The minimum Gasteiger partial charge on any atom is -0.468 e. The van der Waals surface area contributed by atoms with E-state index in [-0.39, 0.29) is 17.9 Å². The first kappa shape index (κ1) is 12.6. The minimum absolute atomic E-state index is 0.0854. The van der Waals surface area contributed by atoms with Crippen LogP contribution in [0.25, 0.3) is 0 Å². The van der Waals surface area contributed by atoms with Gasteiger partial charge in [-0.2, -0.15) is 5.26 Å². The maximum atomic E-state index is 11.7. The summed E-state index contributed by atoms with van der Waals surface area (Å²) in [6.45, 7) is 1.31. The number of rotatable bonds is 3. The lowest BCUT2D eigenvalue weighted by Crippen LogP contribution is -2.36. The zero-order valence-electron chi connectivity index (χ0n) is 10.4. The quantitative estimate of drug-likeness (QED) is 0.757. The number of benzene rings is 1. The molecule has 4 nitrogen and oxygen atoms in total. The van der Waals surface area contributed by atoms with Gasteiger partial charge in [-0.15, -0.1) is 0 Å². The number of ether oxygens (including phenoxy) is 1. The van der Waals surface area contributed by atoms with E-state index in [1.807, 2.05) is 35.2 Å². The first-order valence-electron chi connectivity index (χ1n) is 6.00. The van der Waals surface area contributed by atoms with Gasteiger partial charge in [0.2, 0.25) is 0 Å². The number of esters is 1. The molecule has 0 N–H and O–H groups in total. The van der Waals surface area contributed by atoms with Gasteiger partial charge in [-0.25, -0.2) is 0 Å². The highest BCUT2D eigenvalue weighted by Crippen LogP contribution is 2.25. The van der Waals surface area contributed by atoms with Crippen LogP contribution < -0.4 is 0 Å². The van der Waals surface area contributed by atoms with Crippen LogP contribution in [-0.2, 0) is 16.1 Å². The number of carbonyl (C=O) groups is 1. The second kappa shape index (κ2) is 5.65. The van der Waals surface area contributed by atoms with Crippen molar-refractivity contribution in [3.05, 3.63) is 35.9 Å². The topological polar surface area (TPSA) is 53.3 Å². The van der Waals surface area contributed by atoms with Gasteiger partial charge >= 0.3 is 5.97 Å². The largest absolute Gasteiger partial charge is 0.468 e. The molecule has 1 aliphatic heterocycles. The Hall–Kier alpha value is -1.86. The predicted octanol–water partition coefficient (Wildman–Crippen LogP) is 1.57. The van der Waals surface area contributed by atoms with Gasteiger partial charge in [0.15, 0.2) is 0 Å². The number of hydrogen-bond donors (Lipinski definition) is 0. The van der Waals surface area contributed by atoms with E-state index < -0.39 is 0 Å². The van der Waals surface area contributed by atoms with Gasteiger partial charge in [0.1, 0.15) is 6.04 Å². The summed E-state index contributed by atoms with van der Waals surface area (Å²) >= 11 is 0. The van der Waals surface area contributed by atoms with E-state index in [4.69, 9.17) is 10.00 Å².